The SMILES string of the molecule is CCSc1ccc(C(=O)C(C#N)C(C)C)cc1. The minimum absolute atomic E-state index is 0.0530. The van der Waals surface area contributed by atoms with E-state index < -0.39 is 5.92 Å². The molecule has 0 spiro atoms. The van der Waals surface area contributed by atoms with Crippen LogP contribution in [-0.2, 0) is 0 Å². The van der Waals surface area contributed by atoms with Gasteiger partial charge >= 0.3 is 0 Å². The van der Waals surface area contributed by atoms with Crippen molar-refractivity contribution in [3.63, 3.8) is 0 Å². The van der Waals surface area contributed by atoms with Crippen LogP contribution >= 0.6 is 11.8 Å². The minimum Gasteiger partial charge on any atom is -0.293 e. The van der Waals surface area contributed by atoms with E-state index in [2.05, 4.69) is 13.0 Å². The van der Waals surface area contributed by atoms with Crippen molar-refractivity contribution >= 4 is 17.5 Å². The summed E-state index contributed by atoms with van der Waals surface area (Å²) in [5.74, 6) is 0.451. The summed E-state index contributed by atoms with van der Waals surface area (Å²) in [7, 11) is 0. The summed E-state index contributed by atoms with van der Waals surface area (Å²) in [6, 6.07) is 9.59. The normalized spacial score (nSPS) is 12.2. The Morgan fingerprint density at radius 2 is 1.94 bits per heavy atom. The number of carbonyl (C=O) groups is 1. The third-order valence-electron chi connectivity index (χ3n) is 2.54. The first-order valence-corrected chi connectivity index (χ1v) is 6.75. The van der Waals surface area contributed by atoms with E-state index in [0.29, 0.717) is 5.56 Å². The molecule has 90 valence electrons. The summed E-state index contributed by atoms with van der Waals surface area (Å²) in [6.07, 6.45) is 0. The van der Waals surface area contributed by atoms with Gasteiger partial charge in [0.15, 0.2) is 5.78 Å². The van der Waals surface area contributed by atoms with Gasteiger partial charge in [0.25, 0.3) is 0 Å². The summed E-state index contributed by atoms with van der Waals surface area (Å²) in [5, 5.41) is 8.99. The highest BCUT2D eigenvalue weighted by Crippen LogP contribution is 2.21. The predicted octanol–water partition coefficient (Wildman–Crippen LogP) is 3.78. The lowest BCUT2D eigenvalue weighted by atomic mass is 9.89. The molecule has 17 heavy (non-hydrogen) atoms. The standard InChI is InChI=1S/C14H17NOS/c1-4-17-12-7-5-11(6-8-12)14(16)13(9-15)10(2)3/h5-8,10,13H,4H2,1-3H3. The summed E-state index contributed by atoms with van der Waals surface area (Å²) >= 11 is 1.74. The van der Waals surface area contributed by atoms with Crippen molar-refractivity contribution in [1.82, 2.24) is 0 Å². The number of hydrogen-bond donors (Lipinski definition) is 0. The third kappa shape index (κ3) is 3.61. The smallest absolute Gasteiger partial charge is 0.180 e. The molecule has 0 heterocycles. The highest BCUT2D eigenvalue weighted by atomic mass is 32.2. The zero-order valence-electron chi connectivity index (χ0n) is 10.4. The number of rotatable bonds is 5. The Morgan fingerprint density at radius 3 is 2.35 bits per heavy atom. The number of benzene rings is 1. The Balaban J connectivity index is 2.86. The molecule has 3 heteroatoms. The van der Waals surface area contributed by atoms with Crippen molar-refractivity contribution < 1.29 is 4.79 Å². The lowest BCUT2D eigenvalue weighted by Crippen LogP contribution is -2.18. The fourth-order valence-electron chi connectivity index (χ4n) is 1.57. The van der Waals surface area contributed by atoms with Gasteiger partial charge in [0.2, 0.25) is 0 Å². The molecule has 1 aromatic rings. The van der Waals surface area contributed by atoms with Gasteiger partial charge in [0.1, 0.15) is 5.92 Å². The molecule has 0 aromatic heterocycles. The van der Waals surface area contributed by atoms with Gasteiger partial charge in [-0.05, 0) is 23.8 Å². The van der Waals surface area contributed by atoms with E-state index in [-0.39, 0.29) is 11.7 Å². The van der Waals surface area contributed by atoms with Gasteiger partial charge in [-0.15, -0.1) is 11.8 Å². The van der Waals surface area contributed by atoms with Crippen molar-refractivity contribution in [2.24, 2.45) is 11.8 Å². The van der Waals surface area contributed by atoms with Crippen LogP contribution in [0.15, 0.2) is 29.2 Å². The third-order valence-corrected chi connectivity index (χ3v) is 3.43. The van der Waals surface area contributed by atoms with Gasteiger partial charge in [0, 0.05) is 10.5 Å². The highest BCUT2D eigenvalue weighted by molar-refractivity contribution is 7.99. The predicted molar refractivity (Wildman–Crippen MR) is 71.1 cm³/mol. The second-order valence-corrected chi connectivity index (χ2v) is 5.51. The Kier molecular flexibility index (Phi) is 5.24. The zero-order valence-corrected chi connectivity index (χ0v) is 11.3. The van der Waals surface area contributed by atoms with Crippen molar-refractivity contribution in [2.45, 2.75) is 25.7 Å². The monoisotopic (exact) mass is 247 g/mol. The zero-order chi connectivity index (χ0) is 12.8. The molecule has 0 radical (unpaired) electrons. The number of nitriles is 1. The Labute approximate surface area is 107 Å². The first-order chi connectivity index (χ1) is 8.10. The fraction of sp³-hybridized carbons (Fsp3) is 0.429. The number of hydrogen-bond acceptors (Lipinski definition) is 3. The molecule has 0 saturated carbocycles. The molecule has 1 unspecified atom stereocenters. The molecular weight excluding hydrogens is 230 g/mol. The second-order valence-electron chi connectivity index (χ2n) is 4.17. The van der Waals surface area contributed by atoms with Crippen LogP contribution in [0.3, 0.4) is 0 Å². The van der Waals surface area contributed by atoms with E-state index >= 15 is 0 Å². The van der Waals surface area contributed by atoms with Gasteiger partial charge in [-0.2, -0.15) is 5.26 Å². The average molecular weight is 247 g/mol. The Bertz CT molecular complexity index is 417. The molecular formula is C14H17NOS. The van der Waals surface area contributed by atoms with Crippen LogP contribution in [0.2, 0.25) is 0 Å². The molecule has 0 bridgehead atoms. The second kappa shape index (κ2) is 6.46. The Hall–Kier alpha value is -1.27. The summed E-state index contributed by atoms with van der Waals surface area (Å²) in [6.45, 7) is 5.88. The molecule has 1 atom stereocenters. The van der Waals surface area contributed by atoms with E-state index in [1.165, 1.54) is 0 Å². The van der Waals surface area contributed by atoms with Crippen LogP contribution in [-0.4, -0.2) is 11.5 Å². The maximum atomic E-state index is 12.1. The maximum Gasteiger partial charge on any atom is 0.180 e. The molecule has 0 aliphatic carbocycles. The molecule has 0 saturated heterocycles. The van der Waals surface area contributed by atoms with Crippen molar-refractivity contribution in [1.29, 1.82) is 5.26 Å². The summed E-state index contributed by atoms with van der Waals surface area (Å²) < 4.78 is 0. The van der Waals surface area contributed by atoms with Crippen LogP contribution < -0.4 is 0 Å². The van der Waals surface area contributed by atoms with E-state index in [1.807, 2.05) is 38.1 Å². The number of ketones is 1. The average Bonchev–Trinajstić information content (AvgIpc) is 2.30. The van der Waals surface area contributed by atoms with Crippen LogP contribution in [0, 0.1) is 23.2 Å². The molecule has 0 aliphatic rings. The number of Topliss-reactive ketones (excluding diaryl/α,β-unsaturated/α-hetero) is 1. The van der Waals surface area contributed by atoms with Crippen molar-refractivity contribution in [3.05, 3.63) is 29.8 Å². The first-order valence-electron chi connectivity index (χ1n) is 5.76. The van der Waals surface area contributed by atoms with Crippen molar-refractivity contribution in [2.75, 3.05) is 5.75 Å². The van der Waals surface area contributed by atoms with Gasteiger partial charge in [-0.1, -0.05) is 32.9 Å². The summed E-state index contributed by atoms with van der Waals surface area (Å²) in [4.78, 5) is 13.2. The topological polar surface area (TPSA) is 40.9 Å². The van der Waals surface area contributed by atoms with E-state index in [1.54, 1.807) is 11.8 Å². The molecule has 2 nitrogen and oxygen atoms in total. The summed E-state index contributed by atoms with van der Waals surface area (Å²) in [5.41, 5.74) is 0.630. The van der Waals surface area contributed by atoms with Crippen LogP contribution in [0.4, 0.5) is 0 Å². The van der Waals surface area contributed by atoms with Gasteiger partial charge in [-0.25, -0.2) is 0 Å². The number of nitrogens with zero attached hydrogens (tertiary/aromatic N) is 1. The molecule has 1 rings (SSSR count). The molecule has 1 aromatic carbocycles. The van der Waals surface area contributed by atoms with Crippen LogP contribution in [0.1, 0.15) is 31.1 Å². The van der Waals surface area contributed by atoms with Crippen LogP contribution in [0.25, 0.3) is 0 Å². The Morgan fingerprint density at radius 1 is 1.35 bits per heavy atom. The van der Waals surface area contributed by atoms with E-state index in [9.17, 15) is 4.79 Å². The van der Waals surface area contributed by atoms with Crippen LogP contribution in [0.5, 0.6) is 0 Å². The lowest BCUT2D eigenvalue weighted by molar-refractivity contribution is 0.0924. The van der Waals surface area contributed by atoms with Gasteiger partial charge in [0.05, 0.1) is 6.07 Å². The molecule has 0 N–H and O–H groups in total. The quantitative estimate of drug-likeness (QED) is 0.587. The molecule has 0 amide bonds. The maximum absolute atomic E-state index is 12.1. The molecule has 0 fully saturated rings. The van der Waals surface area contributed by atoms with E-state index in [0.717, 1.165) is 10.6 Å². The van der Waals surface area contributed by atoms with Gasteiger partial charge < -0.3 is 0 Å². The number of carbonyl (C=O) groups excluding carboxylic acids is 1. The number of thioether (sulfide) groups is 1. The van der Waals surface area contributed by atoms with E-state index in [4.69, 9.17) is 5.26 Å². The molecule has 0 aliphatic heterocycles. The minimum atomic E-state index is -0.542. The highest BCUT2D eigenvalue weighted by Gasteiger charge is 2.22. The first kappa shape index (κ1) is 13.8. The van der Waals surface area contributed by atoms with Gasteiger partial charge in [-0.3, -0.25) is 4.79 Å². The largest absolute Gasteiger partial charge is 0.293 e. The van der Waals surface area contributed by atoms with Crippen molar-refractivity contribution in [3.8, 4) is 6.07 Å². The lowest BCUT2D eigenvalue weighted by Gasteiger charge is -2.11. The fourth-order valence-corrected chi connectivity index (χ4v) is 2.23.